The highest BCUT2D eigenvalue weighted by Crippen LogP contribution is 2.25. The summed E-state index contributed by atoms with van der Waals surface area (Å²) < 4.78 is 6.18. The van der Waals surface area contributed by atoms with Crippen LogP contribution in [-0.4, -0.2) is 35.7 Å². The number of furan rings is 1. The van der Waals surface area contributed by atoms with Crippen LogP contribution in [0.5, 0.6) is 0 Å². The highest BCUT2D eigenvalue weighted by molar-refractivity contribution is 9.10. The highest BCUT2D eigenvalue weighted by atomic mass is 79.9. The first-order valence-electron chi connectivity index (χ1n) is 8.42. The zero-order valence-corrected chi connectivity index (χ0v) is 15.8. The summed E-state index contributed by atoms with van der Waals surface area (Å²) >= 11 is 3.28. The number of hydrogen-bond donors (Lipinski definition) is 1. The number of nitrogens with one attached hydrogen (secondary N) is 1. The summed E-state index contributed by atoms with van der Waals surface area (Å²) in [4.78, 5) is 37.9. The first kappa shape index (κ1) is 17.5. The minimum Gasteiger partial charge on any atom is -0.464 e. The third-order valence-corrected chi connectivity index (χ3v) is 5.01. The SMILES string of the molecule is O=C(CN1C(=O)c2ccc(Br)cc2C1=O)NCCc1coc2ccccc12. The number of nitrogens with zero attached hydrogens (tertiary/aromatic N) is 1. The second kappa shape index (κ2) is 7.00. The van der Waals surface area contributed by atoms with Crippen molar-refractivity contribution in [3.05, 3.63) is 69.9 Å². The number of carbonyl (C=O) groups excluding carboxylic acids is 3. The van der Waals surface area contributed by atoms with Crippen molar-refractivity contribution in [1.29, 1.82) is 0 Å². The fourth-order valence-electron chi connectivity index (χ4n) is 3.17. The van der Waals surface area contributed by atoms with Gasteiger partial charge in [0.05, 0.1) is 17.4 Å². The van der Waals surface area contributed by atoms with Crippen molar-refractivity contribution in [2.75, 3.05) is 13.1 Å². The lowest BCUT2D eigenvalue weighted by atomic mass is 10.1. The third-order valence-electron chi connectivity index (χ3n) is 4.51. The van der Waals surface area contributed by atoms with E-state index >= 15 is 0 Å². The molecule has 2 aromatic carbocycles. The number of carbonyl (C=O) groups is 3. The summed E-state index contributed by atoms with van der Waals surface area (Å²) in [5, 5.41) is 3.77. The minimum absolute atomic E-state index is 0.296. The summed E-state index contributed by atoms with van der Waals surface area (Å²) in [6, 6.07) is 12.6. The minimum atomic E-state index is -0.452. The summed E-state index contributed by atoms with van der Waals surface area (Å²) in [5.41, 5.74) is 2.43. The predicted molar refractivity (Wildman–Crippen MR) is 102 cm³/mol. The van der Waals surface area contributed by atoms with Crippen LogP contribution in [0, 0.1) is 0 Å². The summed E-state index contributed by atoms with van der Waals surface area (Å²) in [6.45, 7) is 0.0905. The van der Waals surface area contributed by atoms with E-state index in [0.717, 1.165) is 21.4 Å². The molecule has 4 rings (SSSR count). The summed E-state index contributed by atoms with van der Waals surface area (Å²) in [7, 11) is 0. The van der Waals surface area contributed by atoms with Gasteiger partial charge in [0.25, 0.3) is 11.8 Å². The quantitative estimate of drug-likeness (QED) is 0.635. The molecular formula is C20H15BrN2O4. The van der Waals surface area contributed by atoms with Crippen LogP contribution in [0.2, 0.25) is 0 Å². The van der Waals surface area contributed by atoms with E-state index in [0.29, 0.717) is 28.6 Å². The first-order valence-corrected chi connectivity index (χ1v) is 9.21. The van der Waals surface area contributed by atoms with Gasteiger partial charge in [-0.15, -0.1) is 0 Å². The van der Waals surface area contributed by atoms with E-state index in [-0.39, 0.29) is 12.5 Å². The number of benzene rings is 2. The zero-order valence-electron chi connectivity index (χ0n) is 14.2. The van der Waals surface area contributed by atoms with Crippen molar-refractivity contribution < 1.29 is 18.8 Å². The Balaban J connectivity index is 1.36. The van der Waals surface area contributed by atoms with E-state index in [4.69, 9.17) is 4.42 Å². The van der Waals surface area contributed by atoms with Gasteiger partial charge < -0.3 is 9.73 Å². The fraction of sp³-hybridized carbons (Fsp3) is 0.150. The van der Waals surface area contributed by atoms with Crippen molar-refractivity contribution >= 4 is 44.6 Å². The molecule has 0 radical (unpaired) electrons. The maximum absolute atomic E-state index is 12.4. The largest absolute Gasteiger partial charge is 0.464 e. The second-order valence-corrected chi connectivity index (χ2v) is 7.16. The van der Waals surface area contributed by atoms with E-state index < -0.39 is 11.8 Å². The van der Waals surface area contributed by atoms with Gasteiger partial charge in [0.15, 0.2) is 0 Å². The molecule has 1 aromatic heterocycles. The molecule has 0 spiro atoms. The standard InChI is InChI=1S/C20H15BrN2O4/c21-13-5-6-15-16(9-13)20(26)23(19(15)25)10-18(24)22-8-7-12-11-27-17-4-2-1-3-14(12)17/h1-6,9,11H,7-8,10H2,(H,22,24). The lowest BCUT2D eigenvalue weighted by Crippen LogP contribution is -2.40. The van der Waals surface area contributed by atoms with E-state index in [1.54, 1.807) is 24.5 Å². The predicted octanol–water partition coefficient (Wildman–Crippen LogP) is 3.15. The molecule has 0 unspecified atom stereocenters. The molecule has 0 saturated carbocycles. The Morgan fingerprint density at radius 3 is 2.70 bits per heavy atom. The molecule has 1 aliphatic heterocycles. The molecule has 3 aromatic rings. The first-order chi connectivity index (χ1) is 13.0. The average molecular weight is 427 g/mol. The number of para-hydroxylation sites is 1. The summed E-state index contributed by atoms with van der Waals surface area (Å²) in [5.74, 6) is -1.28. The van der Waals surface area contributed by atoms with Crippen molar-refractivity contribution in [2.24, 2.45) is 0 Å². The van der Waals surface area contributed by atoms with Gasteiger partial charge in [-0.1, -0.05) is 34.1 Å². The van der Waals surface area contributed by atoms with E-state index in [1.165, 1.54) is 0 Å². The fourth-order valence-corrected chi connectivity index (χ4v) is 3.53. The lowest BCUT2D eigenvalue weighted by molar-refractivity contribution is -0.121. The molecule has 136 valence electrons. The Morgan fingerprint density at radius 1 is 1.07 bits per heavy atom. The number of fused-ring (bicyclic) bond motifs is 2. The Bertz CT molecular complexity index is 1070. The molecule has 1 aliphatic rings. The van der Waals surface area contributed by atoms with Crippen LogP contribution >= 0.6 is 15.9 Å². The molecule has 6 nitrogen and oxygen atoms in total. The number of amides is 3. The van der Waals surface area contributed by atoms with Gasteiger partial charge in [-0.05, 0) is 36.2 Å². The molecule has 0 aliphatic carbocycles. The molecule has 0 fully saturated rings. The topological polar surface area (TPSA) is 79.6 Å². The van der Waals surface area contributed by atoms with Gasteiger partial charge >= 0.3 is 0 Å². The van der Waals surface area contributed by atoms with Crippen LogP contribution < -0.4 is 5.32 Å². The van der Waals surface area contributed by atoms with Crippen molar-refractivity contribution in [3.8, 4) is 0 Å². The molecule has 27 heavy (non-hydrogen) atoms. The van der Waals surface area contributed by atoms with E-state index in [1.807, 2.05) is 24.3 Å². The second-order valence-electron chi connectivity index (χ2n) is 6.24. The van der Waals surface area contributed by atoms with Crippen molar-refractivity contribution in [2.45, 2.75) is 6.42 Å². The smallest absolute Gasteiger partial charge is 0.262 e. The molecule has 3 amide bonds. The molecule has 0 saturated heterocycles. The van der Waals surface area contributed by atoms with Crippen LogP contribution in [-0.2, 0) is 11.2 Å². The van der Waals surface area contributed by atoms with Crippen LogP contribution in [0.25, 0.3) is 11.0 Å². The van der Waals surface area contributed by atoms with Crippen LogP contribution in [0.3, 0.4) is 0 Å². The Kier molecular flexibility index (Phi) is 4.53. The maximum Gasteiger partial charge on any atom is 0.262 e. The van der Waals surface area contributed by atoms with Gasteiger partial charge in [0.2, 0.25) is 5.91 Å². The number of imide groups is 1. The van der Waals surface area contributed by atoms with Gasteiger partial charge in [-0.3, -0.25) is 19.3 Å². The zero-order chi connectivity index (χ0) is 19.0. The normalized spacial score (nSPS) is 13.3. The monoisotopic (exact) mass is 426 g/mol. The Labute approximate surface area is 163 Å². The molecule has 0 bridgehead atoms. The average Bonchev–Trinajstić information content (AvgIpc) is 3.17. The molecule has 1 N–H and O–H groups in total. The molecule has 2 heterocycles. The van der Waals surface area contributed by atoms with Crippen molar-refractivity contribution in [1.82, 2.24) is 10.2 Å². The molecular weight excluding hydrogens is 412 g/mol. The Morgan fingerprint density at radius 2 is 1.85 bits per heavy atom. The number of hydrogen-bond acceptors (Lipinski definition) is 4. The van der Waals surface area contributed by atoms with E-state index in [2.05, 4.69) is 21.2 Å². The number of halogens is 1. The van der Waals surface area contributed by atoms with Gasteiger partial charge in [-0.2, -0.15) is 0 Å². The van der Waals surface area contributed by atoms with Gasteiger partial charge in [0, 0.05) is 16.4 Å². The summed E-state index contributed by atoms with van der Waals surface area (Å²) in [6.07, 6.45) is 2.27. The highest BCUT2D eigenvalue weighted by Gasteiger charge is 2.36. The lowest BCUT2D eigenvalue weighted by Gasteiger charge is -2.13. The van der Waals surface area contributed by atoms with Crippen LogP contribution in [0.1, 0.15) is 26.3 Å². The van der Waals surface area contributed by atoms with Gasteiger partial charge in [-0.25, -0.2) is 0 Å². The van der Waals surface area contributed by atoms with Crippen molar-refractivity contribution in [3.63, 3.8) is 0 Å². The third kappa shape index (κ3) is 3.26. The Hall–Kier alpha value is -2.93. The van der Waals surface area contributed by atoms with Gasteiger partial charge in [0.1, 0.15) is 12.1 Å². The maximum atomic E-state index is 12.4. The van der Waals surface area contributed by atoms with Crippen LogP contribution in [0.15, 0.2) is 57.6 Å². The van der Waals surface area contributed by atoms with E-state index in [9.17, 15) is 14.4 Å². The molecule has 7 heteroatoms. The molecule has 0 atom stereocenters. The van der Waals surface area contributed by atoms with Crippen LogP contribution in [0.4, 0.5) is 0 Å². The number of rotatable bonds is 5.